The monoisotopic (exact) mass is 687 g/mol. The maximum absolute atomic E-state index is 13.8. The van der Waals surface area contributed by atoms with E-state index in [1.165, 1.54) is 7.11 Å². The number of nitrogens with zero attached hydrogens (tertiary/aromatic N) is 2. The standard InChI is InChI=1S/C34H43F6N3O5/c1-21(2)42(32(45)23-6-9-29(47-4)30(15-23)48-11-5-10-46-3)19-24-17-41-18-25(24)20-43(28-7-8-28)31(44)14-22-12-26(33(35,36)37)16-27(13-22)34(38,39)40/h6,9,12-13,15-16,21,24-25,28,41H,5,7-8,10-11,14,17-20H2,1-4H3/t24-,25+/m0/s1. The van der Waals surface area contributed by atoms with Crippen molar-refractivity contribution in [3.8, 4) is 11.5 Å². The highest BCUT2D eigenvalue weighted by Crippen LogP contribution is 2.37. The Morgan fingerprint density at radius 3 is 2.04 bits per heavy atom. The van der Waals surface area contributed by atoms with Gasteiger partial charge in [-0.3, -0.25) is 9.59 Å². The summed E-state index contributed by atoms with van der Waals surface area (Å²) in [6.45, 7) is 6.48. The molecule has 0 bridgehead atoms. The van der Waals surface area contributed by atoms with Crippen molar-refractivity contribution >= 4 is 11.8 Å². The third-order valence-corrected chi connectivity index (χ3v) is 8.70. The third kappa shape index (κ3) is 9.77. The molecule has 2 aliphatic rings. The average Bonchev–Trinajstić information content (AvgIpc) is 3.77. The van der Waals surface area contributed by atoms with Crippen molar-refractivity contribution in [3.63, 3.8) is 0 Å². The molecule has 14 heteroatoms. The first kappa shape index (κ1) is 37.3. The van der Waals surface area contributed by atoms with Crippen LogP contribution in [0.5, 0.6) is 11.5 Å². The van der Waals surface area contributed by atoms with Gasteiger partial charge in [0.25, 0.3) is 5.91 Å². The van der Waals surface area contributed by atoms with E-state index in [0.717, 1.165) is 0 Å². The Hall–Kier alpha value is -3.52. The minimum Gasteiger partial charge on any atom is -0.493 e. The van der Waals surface area contributed by atoms with Crippen LogP contribution in [0.4, 0.5) is 26.3 Å². The molecule has 0 aromatic heterocycles. The molecule has 1 saturated carbocycles. The predicted octanol–water partition coefficient (Wildman–Crippen LogP) is 6.07. The number of benzene rings is 2. The van der Waals surface area contributed by atoms with Gasteiger partial charge in [-0.2, -0.15) is 26.3 Å². The molecule has 1 aliphatic heterocycles. The zero-order chi connectivity index (χ0) is 35.2. The lowest BCUT2D eigenvalue weighted by Gasteiger charge is -2.34. The number of nitrogens with one attached hydrogen (secondary N) is 1. The van der Waals surface area contributed by atoms with Crippen LogP contribution in [0.15, 0.2) is 36.4 Å². The smallest absolute Gasteiger partial charge is 0.416 e. The van der Waals surface area contributed by atoms with E-state index in [4.69, 9.17) is 14.2 Å². The molecule has 2 aromatic carbocycles. The molecule has 266 valence electrons. The minimum atomic E-state index is -5.00. The Morgan fingerprint density at radius 1 is 0.875 bits per heavy atom. The molecule has 48 heavy (non-hydrogen) atoms. The van der Waals surface area contributed by atoms with Crippen LogP contribution in [-0.4, -0.2) is 87.3 Å². The highest BCUT2D eigenvalue weighted by molar-refractivity contribution is 5.95. The fourth-order valence-electron chi connectivity index (χ4n) is 5.96. The molecular weight excluding hydrogens is 644 g/mol. The van der Waals surface area contributed by atoms with Crippen LogP contribution >= 0.6 is 0 Å². The predicted molar refractivity (Wildman–Crippen MR) is 166 cm³/mol. The fraction of sp³-hybridized carbons (Fsp3) is 0.588. The van der Waals surface area contributed by atoms with E-state index in [1.807, 2.05) is 13.8 Å². The minimum absolute atomic E-state index is 0.0567. The molecule has 2 atom stereocenters. The first-order valence-corrected chi connectivity index (χ1v) is 16.0. The van der Waals surface area contributed by atoms with Crippen molar-refractivity contribution in [1.82, 2.24) is 15.1 Å². The maximum Gasteiger partial charge on any atom is 0.416 e. The molecule has 1 saturated heterocycles. The first-order chi connectivity index (χ1) is 22.6. The molecule has 1 heterocycles. The lowest BCUT2D eigenvalue weighted by atomic mass is 9.93. The van der Waals surface area contributed by atoms with E-state index >= 15 is 0 Å². The zero-order valence-electron chi connectivity index (χ0n) is 27.5. The number of methoxy groups -OCH3 is 2. The quantitative estimate of drug-likeness (QED) is 0.181. The van der Waals surface area contributed by atoms with Crippen LogP contribution in [0.3, 0.4) is 0 Å². The van der Waals surface area contributed by atoms with Gasteiger partial charge in [-0.1, -0.05) is 0 Å². The number of hydrogen-bond donors (Lipinski definition) is 1. The van der Waals surface area contributed by atoms with Crippen LogP contribution in [0.25, 0.3) is 0 Å². The van der Waals surface area contributed by atoms with Crippen molar-refractivity contribution in [2.24, 2.45) is 11.8 Å². The van der Waals surface area contributed by atoms with Crippen LogP contribution in [0.1, 0.15) is 60.2 Å². The van der Waals surface area contributed by atoms with Gasteiger partial charge in [-0.15, -0.1) is 0 Å². The summed E-state index contributed by atoms with van der Waals surface area (Å²) in [5.74, 6) is 0.0454. The van der Waals surface area contributed by atoms with Crippen molar-refractivity contribution < 1.29 is 50.1 Å². The number of ether oxygens (including phenoxy) is 3. The van der Waals surface area contributed by atoms with Crippen molar-refractivity contribution in [2.75, 3.05) is 53.6 Å². The average molecular weight is 688 g/mol. The van der Waals surface area contributed by atoms with E-state index in [0.29, 0.717) is 81.3 Å². The molecule has 2 amide bonds. The lowest BCUT2D eigenvalue weighted by molar-refractivity contribution is -0.143. The zero-order valence-corrected chi connectivity index (χ0v) is 27.5. The van der Waals surface area contributed by atoms with Gasteiger partial charge < -0.3 is 29.3 Å². The number of alkyl halides is 6. The summed E-state index contributed by atoms with van der Waals surface area (Å²) in [5.41, 5.74) is -2.81. The van der Waals surface area contributed by atoms with Gasteiger partial charge in [0, 0.05) is 64.0 Å². The van der Waals surface area contributed by atoms with E-state index in [-0.39, 0.29) is 48.0 Å². The molecule has 1 N–H and O–H groups in total. The largest absolute Gasteiger partial charge is 0.493 e. The summed E-state index contributed by atoms with van der Waals surface area (Å²) in [6.07, 6.45) is -8.52. The topological polar surface area (TPSA) is 80.3 Å². The van der Waals surface area contributed by atoms with Crippen LogP contribution in [0.2, 0.25) is 0 Å². The maximum atomic E-state index is 13.8. The second-order valence-electron chi connectivity index (χ2n) is 12.7. The Kier molecular flexibility index (Phi) is 12.3. The molecule has 4 rings (SSSR count). The van der Waals surface area contributed by atoms with Crippen LogP contribution < -0.4 is 14.8 Å². The second-order valence-corrected chi connectivity index (χ2v) is 12.7. The summed E-state index contributed by atoms with van der Waals surface area (Å²) in [5, 5.41) is 3.33. The van der Waals surface area contributed by atoms with Gasteiger partial charge in [0.2, 0.25) is 5.91 Å². The van der Waals surface area contributed by atoms with Crippen molar-refractivity contribution in [2.45, 2.75) is 64.0 Å². The normalized spacial score (nSPS) is 18.2. The molecule has 2 fully saturated rings. The number of amides is 2. The number of halogens is 6. The molecule has 0 radical (unpaired) electrons. The van der Waals surface area contributed by atoms with E-state index < -0.39 is 35.8 Å². The van der Waals surface area contributed by atoms with Crippen molar-refractivity contribution in [1.29, 1.82) is 0 Å². The van der Waals surface area contributed by atoms with E-state index in [1.54, 1.807) is 35.1 Å². The Morgan fingerprint density at radius 2 is 1.50 bits per heavy atom. The van der Waals surface area contributed by atoms with Gasteiger partial charge in [0.05, 0.1) is 31.3 Å². The summed E-state index contributed by atoms with van der Waals surface area (Å²) in [7, 11) is 3.12. The molecule has 2 aromatic rings. The first-order valence-electron chi connectivity index (χ1n) is 16.0. The number of carbonyl (C=O) groups is 2. The molecule has 1 aliphatic carbocycles. The lowest BCUT2D eigenvalue weighted by Crippen LogP contribution is -2.45. The SMILES string of the molecule is COCCCOc1cc(C(=O)N(C[C@@H]2CNC[C@@H]2CN(C(=O)Cc2cc(C(F)(F)F)cc(C(F)(F)F)c2)C2CC2)C(C)C)ccc1OC. The molecule has 0 spiro atoms. The summed E-state index contributed by atoms with van der Waals surface area (Å²) in [6, 6.07) is 5.99. The number of hydrogen-bond acceptors (Lipinski definition) is 6. The van der Waals surface area contributed by atoms with Crippen LogP contribution in [0, 0.1) is 11.8 Å². The summed E-state index contributed by atoms with van der Waals surface area (Å²) in [4.78, 5) is 30.6. The molecular formula is C34H43F6N3O5. The van der Waals surface area contributed by atoms with Crippen LogP contribution in [-0.2, 0) is 28.3 Å². The third-order valence-electron chi connectivity index (χ3n) is 8.70. The Balaban J connectivity index is 1.48. The number of carbonyl (C=O) groups excluding carboxylic acids is 2. The van der Waals surface area contributed by atoms with Gasteiger partial charge in [0.15, 0.2) is 11.5 Å². The summed E-state index contributed by atoms with van der Waals surface area (Å²) >= 11 is 0. The Bertz CT molecular complexity index is 1380. The number of rotatable bonds is 15. The van der Waals surface area contributed by atoms with Gasteiger partial charge in [0.1, 0.15) is 0 Å². The highest BCUT2D eigenvalue weighted by Gasteiger charge is 2.40. The summed E-state index contributed by atoms with van der Waals surface area (Å²) < 4.78 is 96.9. The van der Waals surface area contributed by atoms with Gasteiger partial charge in [-0.25, -0.2) is 0 Å². The second kappa shape index (κ2) is 15.8. The highest BCUT2D eigenvalue weighted by atomic mass is 19.4. The fourth-order valence-corrected chi connectivity index (χ4v) is 5.96. The Labute approximate surface area is 276 Å². The molecule has 0 unspecified atom stereocenters. The van der Waals surface area contributed by atoms with E-state index in [2.05, 4.69) is 5.32 Å². The van der Waals surface area contributed by atoms with E-state index in [9.17, 15) is 35.9 Å². The molecule has 8 nitrogen and oxygen atoms in total. The van der Waals surface area contributed by atoms with Gasteiger partial charge in [-0.05, 0) is 80.5 Å². The van der Waals surface area contributed by atoms with Crippen molar-refractivity contribution in [3.05, 3.63) is 58.7 Å². The van der Waals surface area contributed by atoms with Gasteiger partial charge >= 0.3 is 12.4 Å².